The molecule has 4 rings (SSSR count). The van der Waals surface area contributed by atoms with Gasteiger partial charge in [-0.2, -0.15) is 9.78 Å². The fourth-order valence-electron chi connectivity index (χ4n) is 2.72. The molecule has 1 N–H and O–H groups in total. The number of aromatic nitrogens is 4. The Morgan fingerprint density at radius 3 is 2.59 bits per heavy atom. The van der Waals surface area contributed by atoms with Crippen LogP contribution in [-0.4, -0.2) is 35.3 Å². The fraction of sp³-hybridized carbons (Fsp3) is 0.0588. The summed E-state index contributed by atoms with van der Waals surface area (Å²) in [5.74, 6) is 0.487. The van der Waals surface area contributed by atoms with Gasteiger partial charge in [-0.3, -0.25) is 4.79 Å². The first kappa shape index (κ1) is 16.7. The van der Waals surface area contributed by atoms with Crippen LogP contribution in [0, 0.1) is 11.3 Å². The number of hydrogen-bond donors (Lipinski definition) is 1. The second kappa shape index (κ2) is 5.93. The first-order valence-corrected chi connectivity index (χ1v) is 9.15. The zero-order valence-electron chi connectivity index (χ0n) is 13.9. The minimum absolute atomic E-state index is 0.0508. The van der Waals surface area contributed by atoms with Crippen molar-refractivity contribution in [2.75, 3.05) is 7.11 Å². The van der Waals surface area contributed by atoms with E-state index in [1.54, 1.807) is 18.2 Å². The number of benzene rings is 2. The monoisotopic (exact) mass is 381 g/mol. The number of H-pyrrole nitrogens is 1. The van der Waals surface area contributed by atoms with Crippen LogP contribution in [0.5, 0.6) is 5.75 Å². The summed E-state index contributed by atoms with van der Waals surface area (Å²) in [5.41, 5.74) is 0.166. The molecule has 10 heteroatoms. The molecule has 0 amide bonds. The van der Waals surface area contributed by atoms with Gasteiger partial charge in [0.05, 0.1) is 34.5 Å². The van der Waals surface area contributed by atoms with Crippen LogP contribution in [-0.2, 0) is 9.84 Å². The van der Waals surface area contributed by atoms with Crippen molar-refractivity contribution in [2.24, 2.45) is 0 Å². The topological polar surface area (TPSA) is 130 Å². The molecule has 0 fully saturated rings. The number of rotatable bonds is 3. The van der Waals surface area contributed by atoms with Gasteiger partial charge in [-0.05, 0) is 36.4 Å². The summed E-state index contributed by atoms with van der Waals surface area (Å²) in [4.78, 5) is 14.9. The smallest absolute Gasteiger partial charge is 0.259 e. The van der Waals surface area contributed by atoms with Crippen LogP contribution in [0.25, 0.3) is 16.6 Å². The number of ether oxygens (including phenoxy) is 1. The lowest BCUT2D eigenvalue weighted by molar-refractivity contribution is 0.415. The zero-order chi connectivity index (χ0) is 19.2. The summed E-state index contributed by atoms with van der Waals surface area (Å²) in [6.07, 6.45) is 0. The molecule has 0 unspecified atom stereocenters. The van der Waals surface area contributed by atoms with Gasteiger partial charge in [-0.15, -0.1) is 5.10 Å². The molecule has 0 spiro atoms. The molecule has 2 aromatic heterocycles. The molecule has 0 aliphatic carbocycles. The van der Waals surface area contributed by atoms with Gasteiger partial charge >= 0.3 is 0 Å². The van der Waals surface area contributed by atoms with E-state index in [0.717, 1.165) is 0 Å². The van der Waals surface area contributed by atoms with E-state index in [9.17, 15) is 13.2 Å². The van der Waals surface area contributed by atoms with Crippen molar-refractivity contribution in [3.63, 3.8) is 0 Å². The van der Waals surface area contributed by atoms with E-state index in [0.29, 0.717) is 22.2 Å². The van der Waals surface area contributed by atoms with Gasteiger partial charge in [0.2, 0.25) is 14.9 Å². The minimum atomic E-state index is -4.05. The third kappa shape index (κ3) is 2.52. The first-order valence-electron chi connectivity index (χ1n) is 7.66. The van der Waals surface area contributed by atoms with E-state index >= 15 is 0 Å². The van der Waals surface area contributed by atoms with Gasteiger partial charge in [0.15, 0.2) is 5.65 Å². The quantitative estimate of drug-likeness (QED) is 0.566. The maximum atomic E-state index is 12.9. The summed E-state index contributed by atoms with van der Waals surface area (Å²) in [7, 11) is -2.57. The van der Waals surface area contributed by atoms with Gasteiger partial charge < -0.3 is 9.72 Å². The summed E-state index contributed by atoms with van der Waals surface area (Å²) in [6, 6.07) is 12.1. The highest BCUT2D eigenvalue weighted by Crippen LogP contribution is 2.24. The molecule has 0 saturated carbocycles. The van der Waals surface area contributed by atoms with Crippen molar-refractivity contribution in [3.05, 3.63) is 58.4 Å². The Hall–Kier alpha value is -3.71. The highest BCUT2D eigenvalue weighted by atomic mass is 32.2. The number of methoxy groups -OCH3 is 1. The maximum absolute atomic E-state index is 12.9. The minimum Gasteiger partial charge on any atom is -0.497 e. The van der Waals surface area contributed by atoms with E-state index in [1.165, 1.54) is 35.9 Å². The lowest BCUT2D eigenvalue weighted by Crippen LogP contribution is -2.12. The predicted molar refractivity (Wildman–Crippen MR) is 94.3 cm³/mol. The van der Waals surface area contributed by atoms with Crippen molar-refractivity contribution in [2.45, 2.75) is 9.92 Å². The standard InChI is InChI=1S/C17H11N5O4S/c1-26-11-4-7-13-14(8-11)22-15(19-16(13)23)17(20-21-22)27(24,25)12-5-2-10(9-18)3-6-12/h2-8H,1H3,(H,19,23). The van der Waals surface area contributed by atoms with E-state index in [2.05, 4.69) is 15.3 Å². The van der Waals surface area contributed by atoms with Crippen molar-refractivity contribution < 1.29 is 13.2 Å². The molecule has 4 aromatic rings. The second-order valence-corrected chi connectivity index (χ2v) is 7.50. The van der Waals surface area contributed by atoms with Crippen LogP contribution in [0.1, 0.15) is 5.56 Å². The Balaban J connectivity index is 2.00. The third-order valence-corrected chi connectivity index (χ3v) is 5.77. The zero-order valence-corrected chi connectivity index (χ0v) is 14.7. The molecule has 9 nitrogen and oxygen atoms in total. The first-order chi connectivity index (χ1) is 13.0. The summed E-state index contributed by atoms with van der Waals surface area (Å²) >= 11 is 0. The average Bonchev–Trinajstić information content (AvgIpc) is 3.12. The number of sulfone groups is 1. The lowest BCUT2D eigenvalue weighted by Gasteiger charge is -2.05. The van der Waals surface area contributed by atoms with Crippen molar-refractivity contribution in [3.8, 4) is 11.8 Å². The van der Waals surface area contributed by atoms with Crippen molar-refractivity contribution >= 4 is 26.4 Å². The second-order valence-electron chi connectivity index (χ2n) is 5.63. The fourth-order valence-corrected chi connectivity index (χ4v) is 3.98. The molecule has 0 saturated heterocycles. The van der Waals surface area contributed by atoms with Crippen LogP contribution < -0.4 is 10.3 Å². The van der Waals surface area contributed by atoms with Crippen LogP contribution >= 0.6 is 0 Å². The van der Waals surface area contributed by atoms with E-state index < -0.39 is 15.4 Å². The number of hydrogen-bond acceptors (Lipinski definition) is 7. The molecule has 0 radical (unpaired) electrons. The summed E-state index contributed by atoms with van der Waals surface area (Å²) in [6.45, 7) is 0. The Labute approximate surface area is 152 Å². The molecule has 0 atom stereocenters. The Bertz CT molecular complexity index is 1400. The molecule has 2 aromatic carbocycles. The molecule has 0 bridgehead atoms. The Morgan fingerprint density at radius 2 is 1.93 bits per heavy atom. The third-order valence-electron chi connectivity index (χ3n) is 4.10. The molecular formula is C17H11N5O4S. The number of fused-ring (bicyclic) bond motifs is 3. The van der Waals surface area contributed by atoms with Crippen LogP contribution in [0.2, 0.25) is 0 Å². The molecule has 0 aliphatic heterocycles. The summed E-state index contributed by atoms with van der Waals surface area (Å²) < 4.78 is 32.3. The number of aromatic amines is 1. The molecule has 134 valence electrons. The molecule has 0 aliphatic rings. The van der Waals surface area contributed by atoms with Crippen LogP contribution in [0.15, 0.2) is 57.2 Å². The normalized spacial score (nSPS) is 11.6. The van der Waals surface area contributed by atoms with Crippen LogP contribution in [0.4, 0.5) is 0 Å². The maximum Gasteiger partial charge on any atom is 0.259 e. The van der Waals surface area contributed by atoms with E-state index in [1.807, 2.05) is 6.07 Å². The number of nitrogens with zero attached hydrogens (tertiary/aromatic N) is 4. The number of nitriles is 1. The summed E-state index contributed by atoms with van der Waals surface area (Å²) in [5, 5.41) is 16.5. The predicted octanol–water partition coefficient (Wildman–Crippen LogP) is 1.28. The SMILES string of the molecule is COc1ccc2c(=O)[nH]c3c(S(=O)(=O)c4ccc(C#N)cc4)nnn3c2c1. The Kier molecular flexibility index (Phi) is 3.67. The van der Waals surface area contributed by atoms with E-state index in [4.69, 9.17) is 10.00 Å². The molecule has 27 heavy (non-hydrogen) atoms. The highest BCUT2D eigenvalue weighted by molar-refractivity contribution is 7.91. The molecule has 2 heterocycles. The van der Waals surface area contributed by atoms with Gasteiger partial charge in [-0.25, -0.2) is 8.42 Å². The van der Waals surface area contributed by atoms with Crippen molar-refractivity contribution in [1.29, 1.82) is 5.26 Å². The number of nitrogens with one attached hydrogen (secondary N) is 1. The average molecular weight is 381 g/mol. The van der Waals surface area contributed by atoms with Gasteiger partial charge in [0, 0.05) is 6.07 Å². The molecular weight excluding hydrogens is 370 g/mol. The van der Waals surface area contributed by atoms with Gasteiger partial charge in [0.25, 0.3) is 5.56 Å². The lowest BCUT2D eigenvalue weighted by atomic mass is 10.2. The van der Waals surface area contributed by atoms with E-state index in [-0.39, 0.29) is 15.6 Å². The highest BCUT2D eigenvalue weighted by Gasteiger charge is 2.26. The van der Waals surface area contributed by atoms with Crippen LogP contribution in [0.3, 0.4) is 0 Å². The largest absolute Gasteiger partial charge is 0.497 e. The van der Waals surface area contributed by atoms with Gasteiger partial charge in [-0.1, -0.05) is 5.21 Å². The van der Waals surface area contributed by atoms with Crippen molar-refractivity contribution in [1.82, 2.24) is 19.8 Å². The van der Waals surface area contributed by atoms with Gasteiger partial charge in [0.1, 0.15) is 5.75 Å². The Morgan fingerprint density at radius 1 is 1.19 bits per heavy atom.